The van der Waals surface area contributed by atoms with Crippen LogP contribution in [0.5, 0.6) is 0 Å². The highest BCUT2D eigenvalue weighted by Gasteiger charge is 2.31. The smallest absolute Gasteiger partial charge is 0.201 e. The molecule has 0 heterocycles. The molecule has 0 bridgehead atoms. The largest absolute Gasteiger partial charge is 0.273 e. The van der Waals surface area contributed by atoms with Gasteiger partial charge in [0.05, 0.1) is 0 Å². The first-order chi connectivity index (χ1) is 7.51. The van der Waals surface area contributed by atoms with Crippen molar-refractivity contribution in [2.45, 2.75) is 39.5 Å². The lowest BCUT2D eigenvalue weighted by Gasteiger charge is -2.19. The summed E-state index contributed by atoms with van der Waals surface area (Å²) in [5.74, 6) is -2.73. The van der Waals surface area contributed by atoms with E-state index in [4.69, 9.17) is 0 Å². The van der Waals surface area contributed by atoms with Crippen molar-refractivity contribution in [3.05, 3.63) is 47.1 Å². The van der Waals surface area contributed by atoms with Gasteiger partial charge in [-0.25, -0.2) is 8.78 Å². The van der Waals surface area contributed by atoms with Gasteiger partial charge >= 0.3 is 0 Å². The summed E-state index contributed by atoms with van der Waals surface area (Å²) in [7, 11) is 0. The maximum absolute atomic E-state index is 13.8. The highest BCUT2D eigenvalue weighted by Crippen LogP contribution is 2.33. The molecule has 16 heavy (non-hydrogen) atoms. The Morgan fingerprint density at radius 1 is 1.12 bits per heavy atom. The molecule has 0 unspecified atom stereocenters. The second kappa shape index (κ2) is 5.24. The summed E-state index contributed by atoms with van der Waals surface area (Å²) in [6, 6.07) is 0. The zero-order valence-electron chi connectivity index (χ0n) is 10.1. The topological polar surface area (TPSA) is 0 Å². The molecule has 0 aliphatic heterocycles. The molecule has 0 aromatic rings. The van der Waals surface area contributed by atoms with Crippen molar-refractivity contribution in [3.8, 4) is 0 Å². The highest BCUT2D eigenvalue weighted by atomic mass is 19.3. The Bertz CT molecular complexity index is 368. The van der Waals surface area contributed by atoms with Gasteiger partial charge in [0.25, 0.3) is 5.92 Å². The average Bonchev–Trinajstić information content (AvgIpc) is 2.23. The first kappa shape index (κ1) is 12.9. The lowest BCUT2D eigenvalue weighted by molar-refractivity contribution is 0.0405. The molecule has 1 rings (SSSR count). The number of halogens is 2. The van der Waals surface area contributed by atoms with Gasteiger partial charge in [-0.1, -0.05) is 49.8 Å². The number of hydrogen-bond acceptors (Lipinski definition) is 0. The SMILES string of the molecule is CCC1=C(C(F)(F)CC)/C=C\C(C)=C\C=C\1. The molecule has 88 valence electrons. The van der Waals surface area contributed by atoms with E-state index in [1.165, 1.54) is 6.92 Å². The molecule has 0 aromatic carbocycles. The van der Waals surface area contributed by atoms with Crippen LogP contribution in [0.15, 0.2) is 47.1 Å². The molecule has 2 heteroatoms. The van der Waals surface area contributed by atoms with Crippen LogP contribution in [0.2, 0.25) is 0 Å². The van der Waals surface area contributed by atoms with Crippen molar-refractivity contribution in [2.24, 2.45) is 0 Å². The minimum atomic E-state index is -2.73. The van der Waals surface area contributed by atoms with Crippen LogP contribution >= 0.6 is 0 Å². The van der Waals surface area contributed by atoms with Gasteiger partial charge < -0.3 is 0 Å². The van der Waals surface area contributed by atoms with Crippen LogP contribution in [-0.2, 0) is 0 Å². The number of alkyl halides is 2. The molecule has 1 aliphatic carbocycles. The number of rotatable bonds is 3. The monoisotopic (exact) mass is 224 g/mol. The van der Waals surface area contributed by atoms with E-state index in [-0.39, 0.29) is 12.0 Å². The molecule has 0 amide bonds. The van der Waals surface area contributed by atoms with Crippen LogP contribution in [0, 0.1) is 0 Å². The van der Waals surface area contributed by atoms with Gasteiger partial charge in [0.1, 0.15) is 0 Å². The lowest BCUT2D eigenvalue weighted by atomic mass is 9.95. The van der Waals surface area contributed by atoms with Crippen LogP contribution in [-0.4, -0.2) is 5.92 Å². The number of hydrogen-bond donors (Lipinski definition) is 0. The van der Waals surface area contributed by atoms with Gasteiger partial charge in [-0.3, -0.25) is 0 Å². The van der Waals surface area contributed by atoms with Crippen LogP contribution < -0.4 is 0 Å². The molecule has 1 aliphatic rings. The second-order valence-electron chi connectivity index (χ2n) is 3.95. The molecule has 0 nitrogen and oxygen atoms in total. The van der Waals surface area contributed by atoms with Crippen molar-refractivity contribution >= 4 is 0 Å². The molecule has 0 radical (unpaired) electrons. The Morgan fingerprint density at radius 2 is 1.81 bits per heavy atom. The summed E-state index contributed by atoms with van der Waals surface area (Å²) in [4.78, 5) is 0. The summed E-state index contributed by atoms with van der Waals surface area (Å²) in [6.07, 6.45) is 9.31. The third-order valence-corrected chi connectivity index (χ3v) is 2.73. The minimum absolute atomic E-state index is 0.154. The Morgan fingerprint density at radius 3 is 2.38 bits per heavy atom. The first-order valence-electron chi connectivity index (χ1n) is 5.65. The van der Waals surface area contributed by atoms with E-state index in [2.05, 4.69) is 0 Å². The van der Waals surface area contributed by atoms with Gasteiger partial charge in [0.15, 0.2) is 0 Å². The molecule has 0 N–H and O–H groups in total. The standard InChI is InChI=1S/C14H18F2/c1-4-12-8-6-7-11(3)9-10-13(12)14(15,16)5-2/h6-10H,4-5H2,1-3H3/b7-6?,8-6+,10-9-,11-7+,11-9?,12-8?,13-10?,13-12+. The maximum Gasteiger partial charge on any atom is 0.273 e. The van der Waals surface area contributed by atoms with E-state index in [1.807, 2.05) is 26.0 Å². The zero-order chi connectivity index (χ0) is 12.2. The maximum atomic E-state index is 13.8. The first-order valence-corrected chi connectivity index (χ1v) is 5.65. The van der Waals surface area contributed by atoms with Crippen molar-refractivity contribution in [1.29, 1.82) is 0 Å². The highest BCUT2D eigenvalue weighted by molar-refractivity contribution is 5.43. The van der Waals surface area contributed by atoms with Crippen LogP contribution in [0.4, 0.5) is 8.78 Å². The van der Waals surface area contributed by atoms with E-state index in [1.54, 1.807) is 18.2 Å². The predicted octanol–water partition coefficient (Wildman–Crippen LogP) is 4.81. The fourth-order valence-corrected chi connectivity index (χ4v) is 1.64. The summed E-state index contributed by atoms with van der Waals surface area (Å²) in [5, 5.41) is 0. The van der Waals surface area contributed by atoms with E-state index in [0.29, 0.717) is 12.0 Å². The Hall–Kier alpha value is -1.18. The van der Waals surface area contributed by atoms with Crippen LogP contribution in [0.25, 0.3) is 0 Å². The molecule has 0 fully saturated rings. The summed E-state index contributed by atoms with van der Waals surface area (Å²) >= 11 is 0. The summed E-state index contributed by atoms with van der Waals surface area (Å²) in [6.45, 7) is 5.32. The van der Waals surface area contributed by atoms with Gasteiger partial charge in [-0.2, -0.15) is 0 Å². The molecule has 0 atom stereocenters. The van der Waals surface area contributed by atoms with Crippen molar-refractivity contribution in [3.63, 3.8) is 0 Å². The molecular formula is C14H18F2. The van der Waals surface area contributed by atoms with Gasteiger partial charge in [0, 0.05) is 12.0 Å². The van der Waals surface area contributed by atoms with E-state index in [9.17, 15) is 8.78 Å². The molecule has 0 spiro atoms. The van der Waals surface area contributed by atoms with Crippen molar-refractivity contribution in [2.75, 3.05) is 0 Å². The van der Waals surface area contributed by atoms with Crippen LogP contribution in [0.3, 0.4) is 0 Å². The molecule has 0 saturated carbocycles. The van der Waals surface area contributed by atoms with Gasteiger partial charge in [-0.05, 0) is 18.9 Å². The fraction of sp³-hybridized carbons (Fsp3) is 0.429. The minimum Gasteiger partial charge on any atom is -0.201 e. The summed E-state index contributed by atoms with van der Waals surface area (Å²) in [5.41, 5.74) is 1.85. The van der Waals surface area contributed by atoms with Crippen molar-refractivity contribution in [1.82, 2.24) is 0 Å². The second-order valence-corrected chi connectivity index (χ2v) is 3.95. The molecule has 0 saturated heterocycles. The Labute approximate surface area is 96.1 Å². The Kier molecular flexibility index (Phi) is 4.22. The van der Waals surface area contributed by atoms with Crippen molar-refractivity contribution < 1.29 is 8.78 Å². The van der Waals surface area contributed by atoms with Gasteiger partial charge in [-0.15, -0.1) is 0 Å². The van der Waals surface area contributed by atoms with Gasteiger partial charge in [0.2, 0.25) is 0 Å². The number of allylic oxidation sites excluding steroid dienone is 8. The lowest BCUT2D eigenvalue weighted by Crippen LogP contribution is -2.18. The van der Waals surface area contributed by atoms with E-state index >= 15 is 0 Å². The summed E-state index contributed by atoms with van der Waals surface area (Å²) < 4.78 is 27.5. The van der Waals surface area contributed by atoms with Crippen LogP contribution in [0.1, 0.15) is 33.6 Å². The molecule has 0 aromatic heterocycles. The Balaban J connectivity index is 3.22. The van der Waals surface area contributed by atoms with E-state index < -0.39 is 5.92 Å². The average molecular weight is 224 g/mol. The predicted molar refractivity (Wildman–Crippen MR) is 64.6 cm³/mol. The fourth-order valence-electron chi connectivity index (χ4n) is 1.64. The normalized spacial score (nSPS) is 28.9. The zero-order valence-corrected chi connectivity index (χ0v) is 10.1. The third-order valence-electron chi connectivity index (χ3n) is 2.73. The van der Waals surface area contributed by atoms with E-state index in [0.717, 1.165) is 5.57 Å². The molecular weight excluding hydrogens is 206 g/mol. The third kappa shape index (κ3) is 2.91. The quantitative estimate of drug-likeness (QED) is 0.645.